The van der Waals surface area contributed by atoms with Crippen molar-refractivity contribution in [2.75, 3.05) is 7.05 Å². The predicted octanol–water partition coefficient (Wildman–Crippen LogP) is 2.63. The number of halogens is 1. The standard InChI is InChI=1S/C10H12BrN3S/c1-12-6-8-13-9(10(11)14(8)2)7-4-3-5-15-7/h3-5,12H,6H2,1-2H3. The first-order valence-corrected chi connectivity index (χ1v) is 6.31. The molecule has 15 heavy (non-hydrogen) atoms. The van der Waals surface area contributed by atoms with Crippen LogP contribution in [0.1, 0.15) is 5.82 Å². The Kier molecular flexibility index (Phi) is 3.23. The molecule has 0 fully saturated rings. The van der Waals surface area contributed by atoms with E-state index >= 15 is 0 Å². The topological polar surface area (TPSA) is 29.9 Å². The molecule has 0 saturated carbocycles. The molecule has 0 saturated heterocycles. The summed E-state index contributed by atoms with van der Waals surface area (Å²) in [6, 6.07) is 4.12. The molecule has 0 aromatic carbocycles. The summed E-state index contributed by atoms with van der Waals surface area (Å²) >= 11 is 5.28. The van der Waals surface area contributed by atoms with Crippen molar-refractivity contribution in [1.29, 1.82) is 0 Å². The lowest BCUT2D eigenvalue weighted by molar-refractivity contribution is 0.704. The minimum atomic E-state index is 0.778. The van der Waals surface area contributed by atoms with Gasteiger partial charge in [0.05, 0.1) is 11.4 Å². The van der Waals surface area contributed by atoms with Crippen molar-refractivity contribution < 1.29 is 0 Å². The maximum Gasteiger partial charge on any atom is 0.124 e. The summed E-state index contributed by atoms with van der Waals surface area (Å²) < 4.78 is 3.10. The third kappa shape index (κ3) is 2.00. The zero-order chi connectivity index (χ0) is 10.8. The second-order valence-electron chi connectivity index (χ2n) is 3.23. The van der Waals surface area contributed by atoms with Crippen LogP contribution in [0.5, 0.6) is 0 Å². The van der Waals surface area contributed by atoms with Gasteiger partial charge in [0.1, 0.15) is 16.1 Å². The summed E-state index contributed by atoms with van der Waals surface area (Å²) in [7, 11) is 3.94. The maximum absolute atomic E-state index is 4.61. The van der Waals surface area contributed by atoms with Crippen molar-refractivity contribution in [3.8, 4) is 10.6 Å². The molecule has 0 amide bonds. The first-order valence-electron chi connectivity index (χ1n) is 4.63. The number of thiophene rings is 1. The average Bonchev–Trinajstić information content (AvgIpc) is 2.82. The van der Waals surface area contributed by atoms with Crippen LogP contribution in [0, 0.1) is 0 Å². The molecular weight excluding hydrogens is 274 g/mol. The molecule has 0 unspecified atom stereocenters. The number of hydrogen-bond donors (Lipinski definition) is 1. The number of rotatable bonds is 3. The summed E-state index contributed by atoms with van der Waals surface area (Å²) in [5, 5.41) is 5.17. The van der Waals surface area contributed by atoms with Gasteiger partial charge in [-0.3, -0.25) is 0 Å². The molecule has 0 radical (unpaired) electrons. The van der Waals surface area contributed by atoms with Gasteiger partial charge in [0.25, 0.3) is 0 Å². The Morgan fingerprint density at radius 1 is 1.60 bits per heavy atom. The summed E-state index contributed by atoms with van der Waals surface area (Å²) in [4.78, 5) is 5.80. The highest BCUT2D eigenvalue weighted by Crippen LogP contribution is 2.31. The van der Waals surface area contributed by atoms with Crippen LogP contribution in [-0.2, 0) is 13.6 Å². The molecular formula is C10H12BrN3S. The highest BCUT2D eigenvalue weighted by molar-refractivity contribution is 9.10. The molecule has 0 aliphatic rings. The van der Waals surface area contributed by atoms with Crippen molar-refractivity contribution in [2.45, 2.75) is 6.54 Å². The number of imidazole rings is 1. The molecule has 0 atom stereocenters. The van der Waals surface area contributed by atoms with E-state index in [1.807, 2.05) is 20.2 Å². The number of nitrogens with one attached hydrogen (secondary N) is 1. The third-order valence-corrected chi connectivity index (χ3v) is 3.99. The van der Waals surface area contributed by atoms with Crippen LogP contribution < -0.4 is 5.32 Å². The van der Waals surface area contributed by atoms with Crippen LogP contribution in [0.4, 0.5) is 0 Å². The molecule has 2 aromatic rings. The monoisotopic (exact) mass is 285 g/mol. The van der Waals surface area contributed by atoms with Gasteiger partial charge in [-0.15, -0.1) is 11.3 Å². The Morgan fingerprint density at radius 2 is 2.40 bits per heavy atom. The quantitative estimate of drug-likeness (QED) is 0.940. The molecule has 0 bridgehead atoms. The van der Waals surface area contributed by atoms with Gasteiger partial charge < -0.3 is 9.88 Å². The van der Waals surface area contributed by atoms with Crippen molar-refractivity contribution in [2.24, 2.45) is 7.05 Å². The Morgan fingerprint density at radius 3 is 3.00 bits per heavy atom. The van der Waals surface area contributed by atoms with Crippen molar-refractivity contribution in [3.63, 3.8) is 0 Å². The Balaban J connectivity index is 2.45. The zero-order valence-corrected chi connectivity index (χ0v) is 11.0. The van der Waals surface area contributed by atoms with E-state index in [-0.39, 0.29) is 0 Å². The second kappa shape index (κ2) is 4.47. The smallest absolute Gasteiger partial charge is 0.124 e. The highest BCUT2D eigenvalue weighted by Gasteiger charge is 2.13. The van der Waals surface area contributed by atoms with E-state index < -0.39 is 0 Å². The van der Waals surface area contributed by atoms with E-state index in [9.17, 15) is 0 Å². The van der Waals surface area contributed by atoms with Crippen LogP contribution in [0.15, 0.2) is 22.1 Å². The van der Waals surface area contributed by atoms with Crippen molar-refractivity contribution in [1.82, 2.24) is 14.9 Å². The van der Waals surface area contributed by atoms with Crippen LogP contribution in [0.3, 0.4) is 0 Å². The second-order valence-corrected chi connectivity index (χ2v) is 4.93. The van der Waals surface area contributed by atoms with Crippen LogP contribution in [0.25, 0.3) is 10.6 Å². The van der Waals surface area contributed by atoms with Gasteiger partial charge in [-0.1, -0.05) is 6.07 Å². The van der Waals surface area contributed by atoms with E-state index in [2.05, 4.69) is 42.2 Å². The van der Waals surface area contributed by atoms with Gasteiger partial charge in [-0.05, 0) is 34.4 Å². The minimum absolute atomic E-state index is 0.778. The Hall–Kier alpha value is -0.650. The Labute approximate surface area is 101 Å². The fourth-order valence-electron chi connectivity index (χ4n) is 1.41. The van der Waals surface area contributed by atoms with Crippen LogP contribution >= 0.6 is 27.3 Å². The number of hydrogen-bond acceptors (Lipinski definition) is 3. The fourth-order valence-corrected chi connectivity index (χ4v) is 2.76. The van der Waals surface area contributed by atoms with Gasteiger partial charge in [0, 0.05) is 7.05 Å². The van der Waals surface area contributed by atoms with E-state index in [4.69, 9.17) is 0 Å². The molecule has 0 aliphatic carbocycles. The molecule has 5 heteroatoms. The fraction of sp³-hybridized carbons (Fsp3) is 0.300. The minimum Gasteiger partial charge on any atom is -0.324 e. The molecule has 2 aromatic heterocycles. The van der Waals surface area contributed by atoms with Gasteiger partial charge in [-0.25, -0.2) is 4.98 Å². The zero-order valence-electron chi connectivity index (χ0n) is 8.62. The van der Waals surface area contributed by atoms with Gasteiger partial charge in [0.15, 0.2) is 0 Å². The first-order chi connectivity index (χ1) is 7.24. The summed E-state index contributed by atoms with van der Waals surface area (Å²) in [6.07, 6.45) is 0. The van der Waals surface area contributed by atoms with Crippen molar-refractivity contribution in [3.05, 3.63) is 27.9 Å². The molecule has 80 valence electrons. The lowest BCUT2D eigenvalue weighted by Gasteiger charge is -1.99. The van der Waals surface area contributed by atoms with E-state index in [0.29, 0.717) is 0 Å². The number of nitrogens with zero attached hydrogens (tertiary/aromatic N) is 2. The lowest BCUT2D eigenvalue weighted by Crippen LogP contribution is -2.10. The van der Waals surface area contributed by atoms with Gasteiger partial charge >= 0.3 is 0 Å². The van der Waals surface area contributed by atoms with E-state index in [1.165, 1.54) is 4.88 Å². The molecule has 0 spiro atoms. The van der Waals surface area contributed by atoms with Crippen LogP contribution in [-0.4, -0.2) is 16.6 Å². The maximum atomic E-state index is 4.61. The van der Waals surface area contributed by atoms with E-state index in [1.54, 1.807) is 11.3 Å². The molecule has 0 aliphatic heterocycles. The molecule has 2 rings (SSSR count). The van der Waals surface area contributed by atoms with Gasteiger partial charge in [-0.2, -0.15) is 0 Å². The average molecular weight is 286 g/mol. The lowest BCUT2D eigenvalue weighted by atomic mass is 10.4. The van der Waals surface area contributed by atoms with Gasteiger partial charge in [0.2, 0.25) is 0 Å². The molecule has 1 N–H and O–H groups in total. The third-order valence-electron chi connectivity index (χ3n) is 2.21. The molecule has 2 heterocycles. The normalized spacial score (nSPS) is 10.9. The van der Waals surface area contributed by atoms with E-state index in [0.717, 1.165) is 22.7 Å². The number of aromatic nitrogens is 2. The Bertz CT molecular complexity index is 447. The summed E-state index contributed by atoms with van der Waals surface area (Å²) in [6.45, 7) is 0.778. The van der Waals surface area contributed by atoms with Crippen LogP contribution in [0.2, 0.25) is 0 Å². The molecule has 3 nitrogen and oxygen atoms in total. The summed E-state index contributed by atoms with van der Waals surface area (Å²) in [5.74, 6) is 1.03. The predicted molar refractivity (Wildman–Crippen MR) is 67.0 cm³/mol. The summed E-state index contributed by atoms with van der Waals surface area (Å²) in [5.41, 5.74) is 1.03. The highest BCUT2D eigenvalue weighted by atomic mass is 79.9. The SMILES string of the molecule is CNCc1nc(-c2cccs2)c(Br)n1C. The van der Waals surface area contributed by atoms with Crippen molar-refractivity contribution >= 4 is 27.3 Å². The first kappa shape index (κ1) is 10.9. The largest absolute Gasteiger partial charge is 0.324 e.